The lowest BCUT2D eigenvalue weighted by Crippen LogP contribution is -2.46. The second-order valence-corrected chi connectivity index (χ2v) is 6.96. The van der Waals surface area contributed by atoms with E-state index in [0.29, 0.717) is 32.4 Å². The standard InChI is InChI=1S/C22H24N2O4/c25-20(11-10-16-6-2-1-3-7-16)24-14-12-17(13-15-24)23-21(26)18-8-4-5-9-19(18)22(27)28/h1-9,17H,10-15H2,(H,23,26)(H,27,28). The van der Waals surface area contributed by atoms with Crippen LogP contribution in [-0.2, 0) is 11.2 Å². The number of carboxylic acid groups (broad SMARTS) is 1. The largest absolute Gasteiger partial charge is 0.478 e. The van der Waals surface area contributed by atoms with Gasteiger partial charge in [0.25, 0.3) is 5.91 Å². The highest BCUT2D eigenvalue weighted by Gasteiger charge is 2.25. The Bertz CT molecular complexity index is 843. The molecule has 0 aliphatic carbocycles. The molecular formula is C22H24N2O4. The van der Waals surface area contributed by atoms with Crippen molar-refractivity contribution in [2.24, 2.45) is 0 Å². The highest BCUT2D eigenvalue weighted by atomic mass is 16.4. The summed E-state index contributed by atoms with van der Waals surface area (Å²) >= 11 is 0. The van der Waals surface area contributed by atoms with Crippen molar-refractivity contribution in [1.82, 2.24) is 10.2 Å². The quantitative estimate of drug-likeness (QED) is 0.807. The van der Waals surface area contributed by atoms with Gasteiger partial charge in [-0.15, -0.1) is 0 Å². The van der Waals surface area contributed by atoms with Crippen LogP contribution in [0.25, 0.3) is 0 Å². The molecule has 1 saturated heterocycles. The first-order valence-electron chi connectivity index (χ1n) is 9.49. The molecule has 2 aromatic rings. The van der Waals surface area contributed by atoms with Crippen molar-refractivity contribution in [1.29, 1.82) is 0 Å². The predicted octanol–water partition coefficient (Wildman–Crippen LogP) is 2.74. The summed E-state index contributed by atoms with van der Waals surface area (Å²) in [6.45, 7) is 1.19. The maximum atomic E-state index is 12.5. The minimum Gasteiger partial charge on any atom is -0.478 e. The first-order chi connectivity index (χ1) is 13.5. The van der Waals surface area contributed by atoms with Gasteiger partial charge in [-0.25, -0.2) is 4.79 Å². The van der Waals surface area contributed by atoms with E-state index in [2.05, 4.69) is 5.32 Å². The SMILES string of the molecule is O=C(O)c1ccccc1C(=O)NC1CCN(C(=O)CCc2ccccc2)CC1. The second-order valence-electron chi connectivity index (χ2n) is 6.96. The first kappa shape index (κ1) is 19.6. The van der Waals surface area contributed by atoms with Gasteiger partial charge in [0.2, 0.25) is 5.91 Å². The third-order valence-electron chi connectivity index (χ3n) is 5.06. The molecule has 0 atom stereocenters. The molecule has 2 N–H and O–H groups in total. The summed E-state index contributed by atoms with van der Waals surface area (Å²) in [6.07, 6.45) is 2.53. The summed E-state index contributed by atoms with van der Waals surface area (Å²) in [5.74, 6) is -1.37. The molecule has 28 heavy (non-hydrogen) atoms. The van der Waals surface area contributed by atoms with Crippen LogP contribution in [0, 0.1) is 0 Å². The van der Waals surface area contributed by atoms with Crippen LogP contribution >= 0.6 is 0 Å². The molecule has 0 unspecified atom stereocenters. The number of hydrogen-bond donors (Lipinski definition) is 2. The van der Waals surface area contributed by atoms with E-state index >= 15 is 0 Å². The molecule has 6 nitrogen and oxygen atoms in total. The summed E-state index contributed by atoms with van der Waals surface area (Å²) in [6, 6.07) is 16.1. The van der Waals surface area contributed by atoms with E-state index in [4.69, 9.17) is 0 Å². The van der Waals surface area contributed by atoms with Crippen LogP contribution in [0.1, 0.15) is 45.5 Å². The van der Waals surface area contributed by atoms with Gasteiger partial charge in [-0.05, 0) is 37.0 Å². The van der Waals surface area contributed by atoms with E-state index in [1.165, 1.54) is 12.1 Å². The predicted molar refractivity (Wildman–Crippen MR) is 105 cm³/mol. The van der Waals surface area contributed by atoms with Gasteiger partial charge in [0, 0.05) is 25.6 Å². The van der Waals surface area contributed by atoms with Gasteiger partial charge in [-0.2, -0.15) is 0 Å². The summed E-state index contributed by atoms with van der Waals surface area (Å²) in [7, 11) is 0. The average molecular weight is 380 g/mol. The first-order valence-corrected chi connectivity index (χ1v) is 9.49. The minimum absolute atomic E-state index is 0.00599. The summed E-state index contributed by atoms with van der Waals surface area (Å²) < 4.78 is 0. The molecule has 146 valence electrons. The van der Waals surface area contributed by atoms with E-state index in [-0.39, 0.29) is 29.0 Å². The molecule has 0 saturated carbocycles. The molecule has 1 aliphatic heterocycles. The Labute approximate surface area is 164 Å². The Balaban J connectivity index is 1.48. The zero-order valence-corrected chi connectivity index (χ0v) is 15.6. The Morgan fingerprint density at radius 1 is 0.929 bits per heavy atom. The van der Waals surface area contributed by atoms with Crippen LogP contribution in [0.4, 0.5) is 0 Å². The zero-order chi connectivity index (χ0) is 19.9. The lowest BCUT2D eigenvalue weighted by molar-refractivity contribution is -0.132. The number of hydrogen-bond acceptors (Lipinski definition) is 3. The number of amides is 2. The van der Waals surface area contributed by atoms with Crippen LogP contribution in [0.3, 0.4) is 0 Å². The van der Waals surface area contributed by atoms with Gasteiger partial charge in [-0.1, -0.05) is 42.5 Å². The van der Waals surface area contributed by atoms with Crippen molar-refractivity contribution in [2.45, 2.75) is 31.7 Å². The number of likely N-dealkylation sites (tertiary alicyclic amines) is 1. The number of nitrogens with zero attached hydrogens (tertiary/aromatic N) is 1. The van der Waals surface area contributed by atoms with Crippen molar-refractivity contribution in [2.75, 3.05) is 13.1 Å². The highest BCUT2D eigenvalue weighted by molar-refractivity contribution is 6.04. The number of aryl methyl sites for hydroxylation is 1. The Kier molecular flexibility index (Phi) is 6.42. The number of carbonyl (C=O) groups is 3. The smallest absolute Gasteiger partial charge is 0.336 e. The average Bonchev–Trinajstić information content (AvgIpc) is 2.73. The Hall–Kier alpha value is -3.15. The van der Waals surface area contributed by atoms with Crippen LogP contribution in [0.2, 0.25) is 0 Å². The number of benzene rings is 2. The molecule has 6 heteroatoms. The molecule has 2 amide bonds. The topological polar surface area (TPSA) is 86.7 Å². The van der Waals surface area contributed by atoms with E-state index in [1.807, 2.05) is 35.2 Å². The van der Waals surface area contributed by atoms with Crippen LogP contribution < -0.4 is 5.32 Å². The lowest BCUT2D eigenvalue weighted by Gasteiger charge is -2.32. The molecule has 2 aromatic carbocycles. The maximum absolute atomic E-state index is 12.5. The molecule has 1 aliphatic rings. The van der Waals surface area contributed by atoms with E-state index < -0.39 is 5.97 Å². The van der Waals surface area contributed by atoms with Crippen molar-refractivity contribution < 1.29 is 19.5 Å². The number of nitrogens with one attached hydrogen (secondary N) is 1. The number of piperidine rings is 1. The van der Waals surface area contributed by atoms with Crippen LogP contribution in [0.5, 0.6) is 0 Å². The molecular weight excluding hydrogens is 356 g/mol. The van der Waals surface area contributed by atoms with Crippen molar-refractivity contribution in [3.05, 3.63) is 71.3 Å². The molecule has 1 heterocycles. The molecule has 3 rings (SSSR count). The number of carboxylic acids is 1. The van der Waals surface area contributed by atoms with Gasteiger partial charge in [0.05, 0.1) is 11.1 Å². The summed E-state index contributed by atoms with van der Waals surface area (Å²) in [4.78, 5) is 38.0. The van der Waals surface area contributed by atoms with Gasteiger partial charge < -0.3 is 15.3 Å². The molecule has 1 fully saturated rings. The fourth-order valence-corrected chi connectivity index (χ4v) is 3.46. The molecule has 0 spiro atoms. The van der Waals surface area contributed by atoms with Gasteiger partial charge >= 0.3 is 5.97 Å². The monoisotopic (exact) mass is 380 g/mol. The summed E-state index contributed by atoms with van der Waals surface area (Å²) in [5.41, 5.74) is 1.31. The lowest BCUT2D eigenvalue weighted by atomic mass is 10.0. The second kappa shape index (κ2) is 9.17. The van der Waals surface area contributed by atoms with Crippen molar-refractivity contribution >= 4 is 17.8 Å². The third kappa shape index (κ3) is 4.97. The van der Waals surface area contributed by atoms with Gasteiger partial charge in [-0.3, -0.25) is 9.59 Å². The molecule has 0 aromatic heterocycles. The third-order valence-corrected chi connectivity index (χ3v) is 5.06. The zero-order valence-electron chi connectivity index (χ0n) is 15.6. The van der Waals surface area contributed by atoms with Gasteiger partial charge in [0.1, 0.15) is 0 Å². The fraction of sp³-hybridized carbons (Fsp3) is 0.318. The van der Waals surface area contributed by atoms with Gasteiger partial charge in [0.15, 0.2) is 0 Å². The summed E-state index contributed by atoms with van der Waals surface area (Å²) in [5, 5.41) is 12.1. The van der Waals surface area contributed by atoms with Crippen molar-refractivity contribution in [3.8, 4) is 0 Å². The van der Waals surface area contributed by atoms with Crippen LogP contribution in [0.15, 0.2) is 54.6 Å². The molecule has 0 radical (unpaired) electrons. The number of aromatic carboxylic acids is 1. The Morgan fingerprint density at radius 2 is 1.54 bits per heavy atom. The highest BCUT2D eigenvalue weighted by Crippen LogP contribution is 2.15. The van der Waals surface area contributed by atoms with E-state index in [9.17, 15) is 19.5 Å². The minimum atomic E-state index is -1.12. The van der Waals surface area contributed by atoms with Crippen LogP contribution in [-0.4, -0.2) is 46.9 Å². The van der Waals surface area contributed by atoms with E-state index in [0.717, 1.165) is 12.0 Å². The normalized spacial score (nSPS) is 14.5. The van der Waals surface area contributed by atoms with Crippen molar-refractivity contribution in [3.63, 3.8) is 0 Å². The maximum Gasteiger partial charge on any atom is 0.336 e. The fourth-order valence-electron chi connectivity index (χ4n) is 3.46. The van der Waals surface area contributed by atoms with E-state index in [1.54, 1.807) is 12.1 Å². The number of carbonyl (C=O) groups excluding carboxylic acids is 2. The number of rotatable bonds is 6. The molecule has 0 bridgehead atoms. The Morgan fingerprint density at radius 3 is 2.18 bits per heavy atom.